The number of nitrogens with two attached hydrogens (primary N) is 1. The van der Waals surface area contributed by atoms with E-state index in [4.69, 9.17) is 10.5 Å². The molecular weight excluding hydrogens is 360 g/mol. The van der Waals surface area contributed by atoms with E-state index in [9.17, 15) is 14.4 Å². The Balaban J connectivity index is 1.72. The van der Waals surface area contributed by atoms with E-state index in [2.05, 4.69) is 15.3 Å². The molecule has 28 heavy (non-hydrogen) atoms. The molecule has 3 aromatic rings. The summed E-state index contributed by atoms with van der Waals surface area (Å²) in [6.07, 6.45) is 1.67. The van der Waals surface area contributed by atoms with Crippen LogP contribution in [-0.4, -0.2) is 33.8 Å². The maximum absolute atomic E-state index is 12.4. The van der Waals surface area contributed by atoms with Crippen molar-refractivity contribution in [2.45, 2.75) is 19.4 Å². The fraction of sp³-hybridized carbons (Fsp3) is 0.150. The third-order valence-electron chi connectivity index (χ3n) is 3.94. The number of primary amides is 1. The molecule has 3 N–H and O–H groups in total. The Bertz CT molecular complexity index is 1030. The fourth-order valence-corrected chi connectivity index (χ4v) is 2.61. The molecule has 8 nitrogen and oxygen atoms in total. The number of nitrogens with zero attached hydrogens (tertiary/aromatic N) is 2. The first kappa shape index (κ1) is 19.0. The molecule has 142 valence electrons. The maximum atomic E-state index is 12.4. The molecule has 2 amide bonds. The van der Waals surface area contributed by atoms with Crippen LogP contribution in [-0.2, 0) is 16.0 Å². The lowest BCUT2D eigenvalue weighted by molar-refractivity contribution is -0.131. The van der Waals surface area contributed by atoms with Gasteiger partial charge < -0.3 is 15.8 Å². The molecule has 0 saturated heterocycles. The molecule has 0 aliphatic carbocycles. The predicted molar refractivity (Wildman–Crippen MR) is 101 cm³/mol. The SMILES string of the molecule is CC(=O)Oc1ccc(C(=O)N[C@@H](Cc2cnc3ccccc3n2)C(N)=O)cc1. The Morgan fingerprint density at radius 2 is 1.75 bits per heavy atom. The molecular formula is C20H18N4O4. The predicted octanol–water partition coefficient (Wildman–Crippen LogP) is 1.38. The minimum atomic E-state index is -0.948. The summed E-state index contributed by atoms with van der Waals surface area (Å²) in [6, 6.07) is 12.4. The Labute approximate surface area is 160 Å². The van der Waals surface area contributed by atoms with Crippen molar-refractivity contribution in [3.8, 4) is 5.75 Å². The average Bonchev–Trinajstić information content (AvgIpc) is 2.67. The van der Waals surface area contributed by atoms with Gasteiger partial charge in [0.1, 0.15) is 11.8 Å². The van der Waals surface area contributed by atoms with E-state index in [1.807, 2.05) is 24.3 Å². The summed E-state index contributed by atoms with van der Waals surface area (Å²) in [4.78, 5) is 43.9. The standard InChI is InChI=1S/C20H18N4O4/c1-12(25)28-15-8-6-13(7-9-15)20(27)24-18(19(21)26)10-14-11-22-16-4-2-3-5-17(16)23-14/h2-9,11,18H,10H2,1H3,(H2,21,26)(H,24,27)/t18-/m0/s1. The molecule has 8 heteroatoms. The van der Waals surface area contributed by atoms with Crippen molar-refractivity contribution in [1.29, 1.82) is 0 Å². The van der Waals surface area contributed by atoms with E-state index >= 15 is 0 Å². The molecule has 0 unspecified atom stereocenters. The number of rotatable bonds is 6. The van der Waals surface area contributed by atoms with E-state index in [1.54, 1.807) is 6.20 Å². The van der Waals surface area contributed by atoms with Crippen molar-refractivity contribution in [3.63, 3.8) is 0 Å². The lowest BCUT2D eigenvalue weighted by Crippen LogP contribution is -2.46. The highest BCUT2D eigenvalue weighted by Crippen LogP contribution is 2.13. The second-order valence-electron chi connectivity index (χ2n) is 6.10. The van der Waals surface area contributed by atoms with Gasteiger partial charge in [0.05, 0.1) is 16.7 Å². The Hall–Kier alpha value is -3.81. The first-order valence-corrected chi connectivity index (χ1v) is 8.51. The van der Waals surface area contributed by atoms with Crippen LogP contribution in [0, 0.1) is 0 Å². The number of fused-ring (bicyclic) bond motifs is 1. The molecule has 0 fully saturated rings. The second kappa shape index (κ2) is 8.26. The smallest absolute Gasteiger partial charge is 0.308 e. The third kappa shape index (κ3) is 4.67. The van der Waals surface area contributed by atoms with Crippen LogP contribution in [0.25, 0.3) is 11.0 Å². The van der Waals surface area contributed by atoms with Crippen molar-refractivity contribution < 1.29 is 19.1 Å². The van der Waals surface area contributed by atoms with Crippen LogP contribution in [0.2, 0.25) is 0 Å². The topological polar surface area (TPSA) is 124 Å². The number of carbonyl (C=O) groups excluding carboxylic acids is 3. The van der Waals surface area contributed by atoms with Crippen LogP contribution < -0.4 is 15.8 Å². The molecule has 0 aliphatic rings. The van der Waals surface area contributed by atoms with Gasteiger partial charge in [-0.3, -0.25) is 19.4 Å². The van der Waals surface area contributed by atoms with E-state index in [0.717, 1.165) is 5.52 Å². The van der Waals surface area contributed by atoms with Crippen LogP contribution in [0.1, 0.15) is 23.0 Å². The van der Waals surface area contributed by atoms with E-state index in [0.29, 0.717) is 22.5 Å². The molecule has 0 bridgehead atoms. The Morgan fingerprint density at radius 3 is 2.39 bits per heavy atom. The van der Waals surface area contributed by atoms with Crippen LogP contribution >= 0.6 is 0 Å². The first-order chi connectivity index (χ1) is 13.4. The highest BCUT2D eigenvalue weighted by molar-refractivity contribution is 5.97. The summed E-state index contributed by atoms with van der Waals surface area (Å²) in [5.41, 5.74) is 7.70. The lowest BCUT2D eigenvalue weighted by atomic mass is 10.1. The summed E-state index contributed by atoms with van der Waals surface area (Å²) in [5, 5.41) is 2.60. The maximum Gasteiger partial charge on any atom is 0.308 e. The van der Waals surface area contributed by atoms with Gasteiger partial charge in [0.15, 0.2) is 0 Å². The van der Waals surface area contributed by atoms with Crippen molar-refractivity contribution in [1.82, 2.24) is 15.3 Å². The Kier molecular flexibility index (Phi) is 5.59. The average molecular weight is 378 g/mol. The second-order valence-corrected chi connectivity index (χ2v) is 6.10. The number of ether oxygens (including phenoxy) is 1. The highest BCUT2D eigenvalue weighted by Gasteiger charge is 2.20. The largest absolute Gasteiger partial charge is 0.427 e. The molecule has 1 aromatic heterocycles. The van der Waals surface area contributed by atoms with Gasteiger partial charge in [-0.05, 0) is 36.4 Å². The van der Waals surface area contributed by atoms with Crippen LogP contribution in [0.4, 0.5) is 0 Å². The quantitative estimate of drug-likeness (QED) is 0.493. The van der Waals surface area contributed by atoms with Gasteiger partial charge in [-0.15, -0.1) is 0 Å². The molecule has 0 radical (unpaired) electrons. The molecule has 3 rings (SSSR count). The summed E-state index contributed by atoms with van der Waals surface area (Å²) >= 11 is 0. The zero-order valence-electron chi connectivity index (χ0n) is 15.1. The zero-order valence-corrected chi connectivity index (χ0v) is 15.1. The third-order valence-corrected chi connectivity index (χ3v) is 3.94. The number of carbonyl (C=O) groups is 3. The number of hydrogen-bond donors (Lipinski definition) is 2. The van der Waals surface area contributed by atoms with E-state index < -0.39 is 23.8 Å². The van der Waals surface area contributed by atoms with E-state index in [1.165, 1.54) is 31.2 Å². The molecule has 1 heterocycles. The normalized spacial score (nSPS) is 11.6. The summed E-state index contributed by atoms with van der Waals surface area (Å²) in [6.45, 7) is 1.29. The van der Waals surface area contributed by atoms with Crippen molar-refractivity contribution in [2.24, 2.45) is 5.73 Å². The van der Waals surface area contributed by atoms with E-state index in [-0.39, 0.29) is 6.42 Å². The number of para-hydroxylation sites is 2. The van der Waals surface area contributed by atoms with Crippen molar-refractivity contribution in [3.05, 3.63) is 66.0 Å². The number of aromatic nitrogens is 2. The lowest BCUT2D eigenvalue weighted by Gasteiger charge is -2.15. The van der Waals surface area contributed by atoms with Crippen LogP contribution in [0.3, 0.4) is 0 Å². The molecule has 0 saturated carbocycles. The molecule has 1 atom stereocenters. The Morgan fingerprint density at radius 1 is 1.07 bits per heavy atom. The molecule has 2 aromatic carbocycles. The number of esters is 1. The van der Waals surface area contributed by atoms with Gasteiger partial charge in [-0.1, -0.05) is 12.1 Å². The summed E-state index contributed by atoms with van der Waals surface area (Å²) < 4.78 is 4.92. The van der Waals surface area contributed by atoms with Crippen molar-refractivity contribution >= 4 is 28.8 Å². The van der Waals surface area contributed by atoms with Gasteiger partial charge >= 0.3 is 5.97 Å². The van der Waals surface area contributed by atoms with Gasteiger partial charge in [-0.2, -0.15) is 0 Å². The highest BCUT2D eigenvalue weighted by atomic mass is 16.5. The molecule has 0 spiro atoms. The zero-order chi connectivity index (χ0) is 20.1. The summed E-state index contributed by atoms with van der Waals surface area (Å²) in [5.74, 6) is -1.30. The number of amides is 2. The van der Waals surface area contributed by atoms with Crippen molar-refractivity contribution in [2.75, 3.05) is 0 Å². The number of hydrogen-bond acceptors (Lipinski definition) is 6. The fourth-order valence-electron chi connectivity index (χ4n) is 2.61. The minimum Gasteiger partial charge on any atom is -0.427 e. The number of nitrogens with one attached hydrogen (secondary N) is 1. The minimum absolute atomic E-state index is 0.116. The van der Waals surface area contributed by atoms with Gasteiger partial charge in [0, 0.05) is 25.1 Å². The van der Waals surface area contributed by atoms with Gasteiger partial charge in [0.25, 0.3) is 5.91 Å². The van der Waals surface area contributed by atoms with Crippen LogP contribution in [0.5, 0.6) is 5.75 Å². The van der Waals surface area contributed by atoms with Gasteiger partial charge in [-0.25, -0.2) is 4.98 Å². The summed E-state index contributed by atoms with van der Waals surface area (Å²) in [7, 11) is 0. The first-order valence-electron chi connectivity index (χ1n) is 8.51. The monoisotopic (exact) mass is 378 g/mol. The number of benzene rings is 2. The van der Waals surface area contributed by atoms with Crippen LogP contribution in [0.15, 0.2) is 54.7 Å². The molecule has 0 aliphatic heterocycles. The van der Waals surface area contributed by atoms with Gasteiger partial charge in [0.2, 0.25) is 5.91 Å².